The number of fused-ring (bicyclic) bond motifs is 1. The minimum Gasteiger partial charge on any atom is -0.309 e. The van der Waals surface area contributed by atoms with Gasteiger partial charge in [-0.3, -0.25) is 0 Å². The Labute approximate surface area is 152 Å². The van der Waals surface area contributed by atoms with Gasteiger partial charge in [0.1, 0.15) is 11.2 Å². The van der Waals surface area contributed by atoms with Gasteiger partial charge in [0, 0.05) is 13.1 Å². The minimum absolute atomic E-state index is 0.0170. The van der Waals surface area contributed by atoms with E-state index in [2.05, 4.69) is 26.7 Å². The first-order valence-electron chi connectivity index (χ1n) is 7.72. The van der Waals surface area contributed by atoms with Crippen molar-refractivity contribution >= 4 is 27.1 Å². The zero-order chi connectivity index (χ0) is 20.0. The molecule has 3 aromatic heterocycles. The van der Waals surface area contributed by atoms with Crippen LogP contribution >= 0.6 is 0 Å². The van der Waals surface area contributed by atoms with Crippen LogP contribution in [0.1, 0.15) is 18.3 Å². The second-order valence-corrected chi connectivity index (χ2v) is 7.87. The smallest absolute Gasteiger partial charge is 0.309 e. The van der Waals surface area contributed by atoms with Gasteiger partial charge in [-0.05, 0) is 18.2 Å². The van der Waals surface area contributed by atoms with Gasteiger partial charge in [0.25, 0.3) is 0 Å². The molecule has 142 valence electrons. The van der Waals surface area contributed by atoms with Crippen molar-refractivity contribution in [1.82, 2.24) is 24.7 Å². The number of hydrogen-bond donors (Lipinski definition) is 0. The topological polar surface area (TPSA) is 90.6 Å². The summed E-state index contributed by atoms with van der Waals surface area (Å²) in [6.45, 7) is 5.08. The van der Waals surface area contributed by atoms with E-state index in [0.717, 1.165) is 6.07 Å². The summed E-state index contributed by atoms with van der Waals surface area (Å²) < 4.78 is 64.8. The van der Waals surface area contributed by atoms with Crippen molar-refractivity contribution in [3.05, 3.63) is 36.2 Å². The molecule has 0 bridgehead atoms. The maximum Gasteiger partial charge on any atom is 0.435 e. The number of alkyl halides is 3. The molecule has 0 radical (unpaired) electrons. The number of pyridine rings is 1. The summed E-state index contributed by atoms with van der Waals surface area (Å²) >= 11 is 0. The number of imidazole rings is 1. The summed E-state index contributed by atoms with van der Waals surface area (Å²) in [6, 6.07) is 3.63. The van der Waals surface area contributed by atoms with Crippen molar-refractivity contribution in [2.24, 2.45) is 7.05 Å². The van der Waals surface area contributed by atoms with Crippen LogP contribution < -0.4 is 0 Å². The number of rotatable bonds is 4. The van der Waals surface area contributed by atoms with Gasteiger partial charge in [0.15, 0.2) is 27.0 Å². The van der Waals surface area contributed by atoms with Crippen LogP contribution in [0.5, 0.6) is 0 Å². The quantitative estimate of drug-likeness (QED) is 0.672. The van der Waals surface area contributed by atoms with E-state index >= 15 is 0 Å². The summed E-state index contributed by atoms with van der Waals surface area (Å²) in [5.74, 6) is -0.105. The minimum atomic E-state index is -4.67. The van der Waals surface area contributed by atoms with E-state index in [0.29, 0.717) is 5.69 Å². The third-order valence-electron chi connectivity index (χ3n) is 3.92. The number of nitrogens with zero attached hydrogens (tertiary/aromatic N) is 5. The fourth-order valence-corrected chi connectivity index (χ4v) is 3.50. The molecule has 0 unspecified atom stereocenters. The van der Waals surface area contributed by atoms with E-state index in [1.54, 1.807) is 0 Å². The zero-order valence-electron chi connectivity index (χ0n) is 14.3. The maximum absolute atomic E-state index is 12.9. The second kappa shape index (κ2) is 6.41. The molecule has 11 heteroatoms. The molecular weight excluding hydrogens is 383 g/mol. The molecule has 0 saturated heterocycles. The highest BCUT2D eigenvalue weighted by atomic mass is 32.2. The van der Waals surface area contributed by atoms with Crippen LogP contribution in [0.2, 0.25) is 0 Å². The van der Waals surface area contributed by atoms with Crippen molar-refractivity contribution in [2.45, 2.75) is 18.0 Å². The number of sulfone groups is 1. The van der Waals surface area contributed by atoms with E-state index in [4.69, 9.17) is 0 Å². The van der Waals surface area contributed by atoms with Crippen molar-refractivity contribution in [3.63, 3.8) is 0 Å². The first-order valence-corrected chi connectivity index (χ1v) is 9.37. The molecule has 0 aliphatic rings. The molecule has 0 aliphatic carbocycles. The third kappa shape index (κ3) is 3.29. The second-order valence-electron chi connectivity index (χ2n) is 5.62. The molecule has 7 nitrogen and oxygen atoms in total. The fourth-order valence-electron chi connectivity index (χ4n) is 2.48. The Kier molecular flexibility index (Phi) is 4.50. The summed E-state index contributed by atoms with van der Waals surface area (Å²) in [4.78, 5) is 8.32. The molecular formula is C16H14F3N5O2S. The molecule has 3 rings (SSSR count). The first-order chi connectivity index (χ1) is 12.6. The van der Waals surface area contributed by atoms with Crippen LogP contribution in [0.3, 0.4) is 0 Å². The van der Waals surface area contributed by atoms with Gasteiger partial charge in [-0.2, -0.15) is 13.2 Å². The monoisotopic (exact) mass is 397 g/mol. The van der Waals surface area contributed by atoms with E-state index in [1.807, 2.05) is 0 Å². The van der Waals surface area contributed by atoms with Crippen LogP contribution in [0.4, 0.5) is 13.2 Å². The summed E-state index contributed by atoms with van der Waals surface area (Å²) in [5.41, 5.74) is -0.768. The van der Waals surface area contributed by atoms with Gasteiger partial charge in [-0.15, -0.1) is 10.2 Å². The van der Waals surface area contributed by atoms with E-state index in [9.17, 15) is 21.6 Å². The SMILES string of the molecule is C=Cc1ccc(S(=O)(=O)CC)c(-c2nc3cc(C(F)(F)F)nnc3n2C)n1. The molecule has 0 aliphatic heterocycles. The van der Waals surface area contributed by atoms with Crippen LogP contribution in [-0.4, -0.2) is 38.9 Å². The van der Waals surface area contributed by atoms with E-state index < -0.39 is 21.7 Å². The molecule has 27 heavy (non-hydrogen) atoms. The van der Waals surface area contributed by atoms with Gasteiger partial charge < -0.3 is 4.57 Å². The van der Waals surface area contributed by atoms with E-state index in [1.165, 1.54) is 36.7 Å². The number of aryl methyl sites for hydroxylation is 1. The fraction of sp³-hybridized carbons (Fsp3) is 0.250. The normalized spacial score (nSPS) is 12.5. The van der Waals surface area contributed by atoms with Crippen molar-refractivity contribution in [2.75, 3.05) is 5.75 Å². The lowest BCUT2D eigenvalue weighted by atomic mass is 10.3. The average molecular weight is 397 g/mol. The van der Waals surface area contributed by atoms with Crippen LogP contribution in [0.25, 0.3) is 28.8 Å². The Balaban J connectivity index is 2.32. The lowest BCUT2D eigenvalue weighted by Crippen LogP contribution is -2.10. The van der Waals surface area contributed by atoms with Gasteiger partial charge >= 0.3 is 6.18 Å². The Morgan fingerprint density at radius 1 is 1.22 bits per heavy atom. The van der Waals surface area contributed by atoms with Crippen molar-refractivity contribution in [3.8, 4) is 11.5 Å². The highest BCUT2D eigenvalue weighted by molar-refractivity contribution is 7.91. The average Bonchev–Trinajstić information content (AvgIpc) is 2.96. The first kappa shape index (κ1) is 19.0. The predicted molar refractivity (Wildman–Crippen MR) is 92.4 cm³/mol. The van der Waals surface area contributed by atoms with Crippen LogP contribution in [-0.2, 0) is 23.1 Å². The van der Waals surface area contributed by atoms with Gasteiger partial charge in [-0.1, -0.05) is 13.5 Å². The molecule has 0 N–H and O–H groups in total. The number of hydrogen-bond acceptors (Lipinski definition) is 6. The molecule has 0 spiro atoms. The molecule has 0 aromatic carbocycles. The van der Waals surface area contributed by atoms with Crippen LogP contribution in [0, 0.1) is 0 Å². The van der Waals surface area contributed by atoms with Crippen LogP contribution in [0.15, 0.2) is 29.7 Å². The lowest BCUT2D eigenvalue weighted by molar-refractivity contribution is -0.141. The Bertz CT molecular complexity index is 1150. The third-order valence-corrected chi connectivity index (χ3v) is 5.68. The summed E-state index contributed by atoms with van der Waals surface area (Å²) in [6.07, 6.45) is -3.24. The Hall–Kier alpha value is -2.82. The summed E-state index contributed by atoms with van der Waals surface area (Å²) in [7, 11) is -2.16. The molecule has 0 amide bonds. The van der Waals surface area contributed by atoms with E-state index in [-0.39, 0.29) is 33.3 Å². The summed E-state index contributed by atoms with van der Waals surface area (Å²) in [5, 5.41) is 6.76. The molecule has 0 fully saturated rings. The highest BCUT2D eigenvalue weighted by Gasteiger charge is 2.34. The Morgan fingerprint density at radius 2 is 1.93 bits per heavy atom. The van der Waals surface area contributed by atoms with Gasteiger partial charge in [-0.25, -0.2) is 18.4 Å². The number of halogens is 3. The van der Waals surface area contributed by atoms with Crippen molar-refractivity contribution < 1.29 is 21.6 Å². The molecule has 3 heterocycles. The highest BCUT2D eigenvalue weighted by Crippen LogP contribution is 2.31. The predicted octanol–water partition coefficient (Wildman–Crippen LogP) is 2.88. The van der Waals surface area contributed by atoms with Gasteiger partial charge in [0.2, 0.25) is 0 Å². The standard InChI is InChI=1S/C16H14F3N5O2S/c1-4-9-6-7-11(27(25,26)5-2)13(20-9)15-21-10-8-12(16(17,18)19)22-23-14(10)24(15)3/h4,6-8H,1,5H2,2-3H3. The van der Waals surface area contributed by atoms with Gasteiger partial charge in [0.05, 0.1) is 16.3 Å². The zero-order valence-corrected chi connectivity index (χ0v) is 15.1. The molecule has 0 saturated carbocycles. The largest absolute Gasteiger partial charge is 0.435 e. The molecule has 3 aromatic rings. The van der Waals surface area contributed by atoms with Crippen molar-refractivity contribution in [1.29, 1.82) is 0 Å². The number of aromatic nitrogens is 5. The lowest BCUT2D eigenvalue weighted by Gasteiger charge is -2.09. The molecule has 0 atom stereocenters. The maximum atomic E-state index is 12.9. The Morgan fingerprint density at radius 3 is 2.52 bits per heavy atom.